The lowest BCUT2D eigenvalue weighted by molar-refractivity contribution is 0.102. The van der Waals surface area contributed by atoms with Gasteiger partial charge in [0.1, 0.15) is 0 Å². The van der Waals surface area contributed by atoms with Gasteiger partial charge in [-0.25, -0.2) is 0 Å². The van der Waals surface area contributed by atoms with E-state index in [4.69, 9.17) is 11.6 Å². The molecule has 0 bridgehead atoms. The van der Waals surface area contributed by atoms with Gasteiger partial charge in [0.15, 0.2) is 0 Å². The van der Waals surface area contributed by atoms with E-state index in [9.17, 15) is 4.79 Å². The van der Waals surface area contributed by atoms with Gasteiger partial charge in [0.2, 0.25) is 0 Å². The number of fused-ring (bicyclic) bond motifs is 1. The number of carbonyl (C=O) groups excluding carboxylic acids is 1. The van der Waals surface area contributed by atoms with Crippen LogP contribution in [0.3, 0.4) is 0 Å². The smallest absolute Gasteiger partial charge is 0.257 e. The molecule has 0 unspecified atom stereocenters. The fourth-order valence-electron chi connectivity index (χ4n) is 1.93. The van der Waals surface area contributed by atoms with Crippen LogP contribution in [0.15, 0.2) is 52.3 Å². The average Bonchev–Trinajstić information content (AvgIpc) is 2.87. The van der Waals surface area contributed by atoms with Crippen molar-refractivity contribution in [2.45, 2.75) is 0 Å². The maximum absolute atomic E-state index is 12.3. The van der Waals surface area contributed by atoms with Crippen molar-refractivity contribution in [1.29, 1.82) is 0 Å². The first kappa shape index (κ1) is 13.6. The second-order valence-electron chi connectivity index (χ2n) is 4.23. The molecule has 0 saturated heterocycles. The summed E-state index contributed by atoms with van der Waals surface area (Å²) in [6.45, 7) is 0. The van der Waals surface area contributed by atoms with Crippen LogP contribution in [-0.4, -0.2) is 5.91 Å². The van der Waals surface area contributed by atoms with Crippen LogP contribution in [0.25, 0.3) is 10.1 Å². The van der Waals surface area contributed by atoms with Crippen LogP contribution in [0.1, 0.15) is 10.4 Å². The highest BCUT2D eigenvalue weighted by atomic mass is 79.9. The largest absolute Gasteiger partial charge is 0.322 e. The number of thiophene rings is 1. The normalized spacial score (nSPS) is 10.7. The molecule has 0 atom stereocenters. The molecule has 1 N–H and O–H groups in total. The topological polar surface area (TPSA) is 29.1 Å². The summed E-state index contributed by atoms with van der Waals surface area (Å²) in [5, 5.41) is 6.28. The molecular weight excluding hydrogens is 358 g/mol. The predicted octanol–water partition coefficient (Wildman–Crippen LogP) is 5.57. The molecule has 0 aliphatic rings. The third-order valence-electron chi connectivity index (χ3n) is 2.90. The third kappa shape index (κ3) is 2.59. The Hall–Kier alpha value is -1.36. The second kappa shape index (κ2) is 5.56. The van der Waals surface area contributed by atoms with Crippen molar-refractivity contribution in [3.8, 4) is 0 Å². The number of anilines is 1. The maximum Gasteiger partial charge on any atom is 0.257 e. The van der Waals surface area contributed by atoms with Crippen molar-refractivity contribution in [2.75, 3.05) is 5.32 Å². The van der Waals surface area contributed by atoms with E-state index in [1.165, 1.54) is 0 Å². The fourth-order valence-corrected chi connectivity index (χ4v) is 3.29. The average molecular weight is 367 g/mol. The Morgan fingerprint density at radius 1 is 1.20 bits per heavy atom. The van der Waals surface area contributed by atoms with Crippen molar-refractivity contribution in [2.24, 2.45) is 0 Å². The first-order valence-electron chi connectivity index (χ1n) is 5.88. The zero-order valence-corrected chi connectivity index (χ0v) is 13.3. The van der Waals surface area contributed by atoms with Crippen molar-refractivity contribution in [3.05, 3.63) is 62.9 Å². The molecule has 1 amide bonds. The van der Waals surface area contributed by atoms with Crippen molar-refractivity contribution in [3.63, 3.8) is 0 Å². The van der Waals surface area contributed by atoms with Crippen molar-refractivity contribution >= 4 is 60.5 Å². The number of nitrogens with one attached hydrogen (secondary N) is 1. The number of halogens is 2. The van der Waals surface area contributed by atoms with E-state index in [1.807, 2.05) is 41.8 Å². The van der Waals surface area contributed by atoms with Gasteiger partial charge < -0.3 is 5.32 Å². The molecule has 0 aliphatic heterocycles. The van der Waals surface area contributed by atoms with Crippen LogP contribution in [0.2, 0.25) is 5.02 Å². The molecule has 20 heavy (non-hydrogen) atoms. The van der Waals surface area contributed by atoms with Crippen molar-refractivity contribution in [1.82, 2.24) is 0 Å². The summed E-state index contributed by atoms with van der Waals surface area (Å²) in [7, 11) is 0. The minimum absolute atomic E-state index is 0.124. The zero-order chi connectivity index (χ0) is 14.1. The standard InChI is InChI=1S/C15H9BrClNOS/c16-12-6-5-9(7-13(12)17)18-15(19)11-8-20-14-4-2-1-3-10(11)14/h1-8H,(H,18,19). The Kier molecular flexibility index (Phi) is 3.78. The molecule has 0 aliphatic carbocycles. The van der Waals surface area contributed by atoms with Gasteiger partial charge >= 0.3 is 0 Å². The molecule has 1 heterocycles. The fraction of sp³-hybridized carbons (Fsp3) is 0. The van der Waals surface area contributed by atoms with Gasteiger partial charge in [0, 0.05) is 25.6 Å². The monoisotopic (exact) mass is 365 g/mol. The lowest BCUT2D eigenvalue weighted by Gasteiger charge is -2.05. The molecule has 2 aromatic carbocycles. The van der Waals surface area contributed by atoms with Crippen LogP contribution in [0.4, 0.5) is 5.69 Å². The molecule has 3 rings (SSSR count). The minimum atomic E-state index is -0.124. The van der Waals surface area contributed by atoms with Crippen LogP contribution in [-0.2, 0) is 0 Å². The minimum Gasteiger partial charge on any atom is -0.322 e. The molecule has 1 aromatic heterocycles. The number of benzene rings is 2. The van der Waals surface area contributed by atoms with Gasteiger partial charge in [0.25, 0.3) is 5.91 Å². The van der Waals surface area contributed by atoms with Gasteiger partial charge in [-0.05, 0) is 40.2 Å². The quantitative estimate of drug-likeness (QED) is 0.631. The van der Waals surface area contributed by atoms with E-state index in [1.54, 1.807) is 17.4 Å². The first-order valence-corrected chi connectivity index (χ1v) is 7.93. The number of carbonyl (C=O) groups is 1. The zero-order valence-electron chi connectivity index (χ0n) is 10.2. The lowest BCUT2D eigenvalue weighted by atomic mass is 10.1. The highest BCUT2D eigenvalue weighted by Gasteiger charge is 2.12. The number of rotatable bonds is 2. The van der Waals surface area contributed by atoms with Gasteiger partial charge in [-0.3, -0.25) is 4.79 Å². The maximum atomic E-state index is 12.3. The number of hydrogen-bond acceptors (Lipinski definition) is 2. The Bertz CT molecular complexity index is 799. The van der Waals surface area contributed by atoms with Crippen molar-refractivity contribution < 1.29 is 4.79 Å². The highest BCUT2D eigenvalue weighted by Crippen LogP contribution is 2.28. The van der Waals surface area contributed by atoms with Gasteiger partial charge in [-0.2, -0.15) is 0 Å². The molecule has 3 aromatic rings. The Labute approximate surface area is 133 Å². The van der Waals surface area contributed by atoms with E-state index < -0.39 is 0 Å². The molecule has 0 spiro atoms. The lowest BCUT2D eigenvalue weighted by Crippen LogP contribution is -2.11. The SMILES string of the molecule is O=C(Nc1ccc(Br)c(Cl)c1)c1csc2ccccc12. The Balaban J connectivity index is 1.91. The molecule has 0 radical (unpaired) electrons. The predicted molar refractivity (Wildman–Crippen MR) is 88.9 cm³/mol. The first-order chi connectivity index (χ1) is 9.65. The van der Waals surface area contributed by atoms with Crippen LogP contribution in [0.5, 0.6) is 0 Å². The van der Waals surface area contributed by atoms with Gasteiger partial charge in [-0.1, -0.05) is 29.8 Å². The molecular formula is C15H9BrClNOS. The summed E-state index contributed by atoms with van der Waals surface area (Å²) in [5.74, 6) is -0.124. The van der Waals surface area contributed by atoms with Crippen LogP contribution < -0.4 is 5.32 Å². The Morgan fingerprint density at radius 2 is 2.00 bits per heavy atom. The van der Waals surface area contributed by atoms with E-state index >= 15 is 0 Å². The third-order valence-corrected chi connectivity index (χ3v) is 5.10. The number of hydrogen-bond donors (Lipinski definition) is 1. The summed E-state index contributed by atoms with van der Waals surface area (Å²) in [6, 6.07) is 13.2. The van der Waals surface area contributed by atoms with Crippen LogP contribution >= 0.6 is 38.9 Å². The summed E-state index contributed by atoms with van der Waals surface area (Å²) in [6.07, 6.45) is 0. The second-order valence-corrected chi connectivity index (χ2v) is 6.40. The summed E-state index contributed by atoms with van der Waals surface area (Å²) >= 11 is 10.9. The summed E-state index contributed by atoms with van der Waals surface area (Å²) in [4.78, 5) is 12.3. The van der Waals surface area contributed by atoms with Gasteiger partial charge in [-0.15, -0.1) is 11.3 Å². The van der Waals surface area contributed by atoms with E-state index in [0.717, 1.165) is 14.6 Å². The Morgan fingerprint density at radius 3 is 2.80 bits per heavy atom. The highest BCUT2D eigenvalue weighted by molar-refractivity contribution is 9.10. The molecule has 2 nitrogen and oxygen atoms in total. The molecule has 0 saturated carbocycles. The molecule has 100 valence electrons. The molecule has 0 fully saturated rings. The summed E-state index contributed by atoms with van der Waals surface area (Å²) < 4.78 is 1.91. The van der Waals surface area contributed by atoms with E-state index in [0.29, 0.717) is 16.3 Å². The molecule has 5 heteroatoms. The van der Waals surface area contributed by atoms with E-state index in [-0.39, 0.29) is 5.91 Å². The summed E-state index contributed by atoms with van der Waals surface area (Å²) in [5.41, 5.74) is 1.36. The number of amides is 1. The van der Waals surface area contributed by atoms with E-state index in [2.05, 4.69) is 21.2 Å². The van der Waals surface area contributed by atoms with Gasteiger partial charge in [0.05, 0.1) is 10.6 Å². The van der Waals surface area contributed by atoms with Crippen LogP contribution in [0, 0.1) is 0 Å².